The zero-order chi connectivity index (χ0) is 14.8. The predicted octanol–water partition coefficient (Wildman–Crippen LogP) is 3.81. The molecule has 5 heteroatoms. The van der Waals surface area contributed by atoms with Crippen LogP contribution in [0.15, 0.2) is 47.0 Å². The summed E-state index contributed by atoms with van der Waals surface area (Å²) in [6, 6.07) is 11.7. The second-order valence-corrected chi connectivity index (χ2v) is 4.61. The van der Waals surface area contributed by atoms with E-state index in [2.05, 4.69) is 17.1 Å². The van der Waals surface area contributed by atoms with Crippen molar-refractivity contribution in [1.29, 1.82) is 0 Å². The van der Waals surface area contributed by atoms with E-state index in [4.69, 9.17) is 4.52 Å². The molecule has 4 nitrogen and oxygen atoms in total. The van der Waals surface area contributed by atoms with Crippen molar-refractivity contribution in [1.82, 2.24) is 10.1 Å². The van der Waals surface area contributed by atoms with Crippen LogP contribution in [0.1, 0.15) is 12.5 Å². The molecule has 1 N–H and O–H groups in total. The molecular formula is C16H13FN2O2. The molecule has 0 saturated carbocycles. The summed E-state index contributed by atoms with van der Waals surface area (Å²) in [7, 11) is 0. The minimum absolute atomic E-state index is 0.0415. The van der Waals surface area contributed by atoms with E-state index in [1.807, 2.05) is 24.3 Å². The maximum atomic E-state index is 13.8. The first-order chi connectivity index (χ1) is 10.2. The number of hydrogen-bond acceptors (Lipinski definition) is 4. The van der Waals surface area contributed by atoms with Crippen LogP contribution in [0.25, 0.3) is 22.8 Å². The molecule has 0 unspecified atom stereocenters. The Hall–Kier alpha value is -2.69. The monoisotopic (exact) mass is 284 g/mol. The quantitative estimate of drug-likeness (QED) is 0.794. The number of phenols is 1. The summed E-state index contributed by atoms with van der Waals surface area (Å²) in [5.41, 5.74) is 1.90. The Morgan fingerprint density at radius 1 is 1.14 bits per heavy atom. The van der Waals surface area contributed by atoms with Crippen molar-refractivity contribution in [3.8, 4) is 28.6 Å². The molecule has 0 atom stereocenters. The molecule has 0 spiro atoms. The van der Waals surface area contributed by atoms with Crippen molar-refractivity contribution in [2.45, 2.75) is 13.3 Å². The van der Waals surface area contributed by atoms with Gasteiger partial charge in [-0.3, -0.25) is 0 Å². The maximum absolute atomic E-state index is 13.8. The van der Waals surface area contributed by atoms with Gasteiger partial charge in [0.25, 0.3) is 5.89 Å². The first-order valence-corrected chi connectivity index (χ1v) is 6.60. The fourth-order valence-corrected chi connectivity index (χ4v) is 2.06. The van der Waals surface area contributed by atoms with Crippen molar-refractivity contribution >= 4 is 0 Å². The largest absolute Gasteiger partial charge is 0.507 e. The highest BCUT2D eigenvalue weighted by atomic mass is 19.1. The Labute approximate surface area is 120 Å². The van der Waals surface area contributed by atoms with Crippen LogP contribution in [0.5, 0.6) is 5.75 Å². The van der Waals surface area contributed by atoms with E-state index in [1.165, 1.54) is 23.8 Å². The standard InChI is InChI=1S/C16H13FN2O2/c1-2-10-6-8-11(9-7-10)15-18-16(21-19-15)14-12(17)4-3-5-13(14)20/h3-9,20H,2H2,1H3. The Morgan fingerprint density at radius 2 is 1.90 bits per heavy atom. The minimum atomic E-state index is -0.605. The lowest BCUT2D eigenvalue weighted by Crippen LogP contribution is -1.86. The molecular weight excluding hydrogens is 271 g/mol. The van der Waals surface area contributed by atoms with Gasteiger partial charge in [0.2, 0.25) is 5.82 Å². The van der Waals surface area contributed by atoms with Crippen molar-refractivity contribution in [3.05, 3.63) is 53.8 Å². The van der Waals surface area contributed by atoms with E-state index in [0.29, 0.717) is 5.82 Å². The van der Waals surface area contributed by atoms with E-state index in [0.717, 1.165) is 12.0 Å². The summed E-state index contributed by atoms with van der Waals surface area (Å²) in [6.45, 7) is 2.07. The third kappa shape index (κ3) is 2.50. The van der Waals surface area contributed by atoms with Gasteiger partial charge in [-0.05, 0) is 24.1 Å². The number of aromatic hydroxyl groups is 1. The summed E-state index contributed by atoms with van der Waals surface area (Å²) in [6.07, 6.45) is 0.945. The third-order valence-electron chi connectivity index (χ3n) is 3.25. The van der Waals surface area contributed by atoms with E-state index in [-0.39, 0.29) is 17.2 Å². The number of aromatic nitrogens is 2. The Morgan fingerprint density at radius 3 is 2.57 bits per heavy atom. The second kappa shape index (κ2) is 5.36. The molecule has 0 bridgehead atoms. The number of aryl methyl sites for hydroxylation is 1. The molecule has 1 heterocycles. The highest BCUT2D eigenvalue weighted by Gasteiger charge is 2.18. The summed E-state index contributed by atoms with van der Waals surface area (Å²) in [4.78, 5) is 4.15. The van der Waals surface area contributed by atoms with Gasteiger partial charge in [0.1, 0.15) is 17.1 Å². The lowest BCUT2D eigenvalue weighted by molar-refractivity contribution is 0.421. The molecule has 0 amide bonds. The number of halogens is 1. The van der Waals surface area contributed by atoms with Crippen LogP contribution in [0.4, 0.5) is 4.39 Å². The lowest BCUT2D eigenvalue weighted by Gasteiger charge is -1.99. The molecule has 21 heavy (non-hydrogen) atoms. The fraction of sp³-hybridized carbons (Fsp3) is 0.125. The molecule has 0 saturated heterocycles. The highest BCUT2D eigenvalue weighted by Crippen LogP contribution is 2.31. The van der Waals surface area contributed by atoms with Gasteiger partial charge >= 0.3 is 0 Å². The molecule has 0 fully saturated rings. The fourth-order valence-electron chi connectivity index (χ4n) is 2.06. The predicted molar refractivity (Wildman–Crippen MR) is 76.2 cm³/mol. The Balaban J connectivity index is 1.99. The normalized spacial score (nSPS) is 10.8. The van der Waals surface area contributed by atoms with Crippen LogP contribution in [-0.4, -0.2) is 15.2 Å². The van der Waals surface area contributed by atoms with Gasteiger partial charge in [-0.25, -0.2) is 4.39 Å². The van der Waals surface area contributed by atoms with Crippen LogP contribution in [0.2, 0.25) is 0 Å². The van der Waals surface area contributed by atoms with Gasteiger partial charge in [-0.1, -0.05) is 42.4 Å². The summed E-state index contributed by atoms with van der Waals surface area (Å²) >= 11 is 0. The Bertz CT molecular complexity index is 746. The van der Waals surface area contributed by atoms with Crippen LogP contribution in [0.3, 0.4) is 0 Å². The van der Waals surface area contributed by atoms with E-state index >= 15 is 0 Å². The number of rotatable bonds is 3. The van der Waals surface area contributed by atoms with Gasteiger partial charge in [0, 0.05) is 5.56 Å². The van der Waals surface area contributed by atoms with Gasteiger partial charge in [-0.15, -0.1) is 0 Å². The third-order valence-corrected chi connectivity index (χ3v) is 3.25. The molecule has 3 rings (SSSR count). The molecule has 106 valence electrons. The number of nitrogens with zero attached hydrogens (tertiary/aromatic N) is 2. The van der Waals surface area contributed by atoms with Crippen LogP contribution in [-0.2, 0) is 6.42 Å². The van der Waals surface area contributed by atoms with Crippen LogP contribution in [0, 0.1) is 5.82 Å². The van der Waals surface area contributed by atoms with Crippen LogP contribution < -0.4 is 0 Å². The minimum Gasteiger partial charge on any atom is -0.507 e. The number of phenolic OH excluding ortho intramolecular Hbond substituents is 1. The molecule has 0 aliphatic rings. The average molecular weight is 284 g/mol. The molecule has 0 radical (unpaired) electrons. The first kappa shape index (κ1) is 13.3. The van der Waals surface area contributed by atoms with E-state index in [9.17, 15) is 9.50 Å². The summed E-state index contributed by atoms with van der Waals surface area (Å²) in [5, 5.41) is 13.6. The zero-order valence-electron chi connectivity index (χ0n) is 11.4. The smallest absolute Gasteiger partial charge is 0.265 e. The Kier molecular flexibility index (Phi) is 3.39. The molecule has 3 aromatic rings. The summed E-state index contributed by atoms with van der Waals surface area (Å²) < 4.78 is 18.8. The summed E-state index contributed by atoms with van der Waals surface area (Å²) in [5.74, 6) is -0.520. The topological polar surface area (TPSA) is 59.2 Å². The first-order valence-electron chi connectivity index (χ1n) is 6.60. The van der Waals surface area contributed by atoms with E-state index in [1.54, 1.807) is 0 Å². The number of benzene rings is 2. The van der Waals surface area contributed by atoms with E-state index < -0.39 is 5.82 Å². The lowest BCUT2D eigenvalue weighted by atomic mass is 10.1. The molecule has 0 aliphatic heterocycles. The molecule has 0 aliphatic carbocycles. The van der Waals surface area contributed by atoms with Crippen molar-refractivity contribution in [3.63, 3.8) is 0 Å². The van der Waals surface area contributed by atoms with Gasteiger partial charge in [0.15, 0.2) is 0 Å². The van der Waals surface area contributed by atoms with Gasteiger partial charge in [0.05, 0.1) is 0 Å². The van der Waals surface area contributed by atoms with Crippen molar-refractivity contribution in [2.24, 2.45) is 0 Å². The van der Waals surface area contributed by atoms with Crippen molar-refractivity contribution < 1.29 is 14.0 Å². The van der Waals surface area contributed by atoms with Gasteiger partial charge < -0.3 is 9.63 Å². The highest BCUT2D eigenvalue weighted by molar-refractivity contribution is 5.65. The zero-order valence-corrected chi connectivity index (χ0v) is 11.4. The van der Waals surface area contributed by atoms with Crippen molar-refractivity contribution in [2.75, 3.05) is 0 Å². The van der Waals surface area contributed by atoms with Gasteiger partial charge in [-0.2, -0.15) is 4.98 Å². The SMILES string of the molecule is CCc1ccc(-c2noc(-c3c(O)cccc3F)n2)cc1. The molecule has 2 aromatic carbocycles. The maximum Gasteiger partial charge on any atom is 0.265 e. The number of hydrogen-bond donors (Lipinski definition) is 1. The molecule has 1 aromatic heterocycles. The van der Waals surface area contributed by atoms with Crippen LogP contribution >= 0.6 is 0 Å². The second-order valence-electron chi connectivity index (χ2n) is 4.61. The average Bonchev–Trinajstić information content (AvgIpc) is 2.97.